The third kappa shape index (κ3) is 2.78. The van der Waals surface area contributed by atoms with E-state index in [0.717, 1.165) is 5.56 Å². The first kappa shape index (κ1) is 9.58. The van der Waals surface area contributed by atoms with Crippen LogP contribution in [0.5, 0.6) is 0 Å². The van der Waals surface area contributed by atoms with Gasteiger partial charge in [0.15, 0.2) is 0 Å². The van der Waals surface area contributed by atoms with Gasteiger partial charge in [-0.25, -0.2) is 4.98 Å². The first-order valence-corrected chi connectivity index (χ1v) is 4.10. The Kier molecular flexibility index (Phi) is 3.31. The van der Waals surface area contributed by atoms with Gasteiger partial charge in [-0.05, 0) is 24.5 Å². The number of hydrogen-bond donors (Lipinski definition) is 0. The molecule has 0 saturated heterocycles. The molecular weight excluding hydrogens is 184 g/mol. The van der Waals surface area contributed by atoms with Gasteiger partial charge in [-0.15, -0.1) is 0 Å². The molecule has 0 bridgehead atoms. The predicted octanol–water partition coefficient (Wildman–Crippen LogP) is 2.31. The van der Waals surface area contributed by atoms with Gasteiger partial charge in [0.1, 0.15) is 5.69 Å². The van der Waals surface area contributed by atoms with E-state index in [1.165, 1.54) is 0 Å². The van der Waals surface area contributed by atoms with Crippen molar-refractivity contribution in [3.8, 4) is 17.9 Å². The van der Waals surface area contributed by atoms with Crippen molar-refractivity contribution in [1.29, 1.82) is 5.26 Å². The van der Waals surface area contributed by atoms with Crippen LogP contribution in [0.3, 0.4) is 0 Å². The van der Waals surface area contributed by atoms with Crippen LogP contribution in [0.2, 0.25) is 5.02 Å². The van der Waals surface area contributed by atoms with Gasteiger partial charge in [0.05, 0.1) is 17.5 Å². The van der Waals surface area contributed by atoms with Crippen LogP contribution in [0.15, 0.2) is 12.3 Å². The van der Waals surface area contributed by atoms with Crippen LogP contribution in [0.1, 0.15) is 17.7 Å². The fourth-order valence-electron chi connectivity index (χ4n) is 0.839. The monoisotopic (exact) mass is 190 g/mol. The van der Waals surface area contributed by atoms with Gasteiger partial charge in [-0.2, -0.15) is 5.26 Å². The van der Waals surface area contributed by atoms with Gasteiger partial charge in [-0.3, -0.25) is 0 Å². The number of halogens is 1. The van der Waals surface area contributed by atoms with Crippen LogP contribution in [0.4, 0.5) is 0 Å². The number of rotatable bonds is 0. The van der Waals surface area contributed by atoms with Crippen molar-refractivity contribution in [2.45, 2.75) is 13.3 Å². The standard InChI is InChI=1S/C10H7ClN2/c1-8-6-9(11)7-13-10(8)4-2-3-5-12/h6-7H,3H2,1H3. The summed E-state index contributed by atoms with van der Waals surface area (Å²) in [6, 6.07) is 3.74. The molecule has 2 nitrogen and oxygen atoms in total. The number of nitrogens with zero attached hydrogens (tertiary/aromatic N) is 2. The van der Waals surface area contributed by atoms with Crippen molar-refractivity contribution < 1.29 is 0 Å². The topological polar surface area (TPSA) is 36.7 Å². The zero-order valence-corrected chi connectivity index (χ0v) is 7.89. The molecule has 0 aliphatic carbocycles. The maximum atomic E-state index is 8.26. The summed E-state index contributed by atoms with van der Waals surface area (Å²) in [5.74, 6) is 5.49. The van der Waals surface area contributed by atoms with E-state index in [9.17, 15) is 0 Å². The lowest BCUT2D eigenvalue weighted by molar-refractivity contribution is 1.23. The first-order chi connectivity index (χ1) is 6.24. The first-order valence-electron chi connectivity index (χ1n) is 3.72. The second-order valence-electron chi connectivity index (χ2n) is 2.46. The van der Waals surface area contributed by atoms with Gasteiger partial charge in [0.2, 0.25) is 0 Å². The molecule has 0 aliphatic rings. The zero-order chi connectivity index (χ0) is 9.68. The summed E-state index contributed by atoms with van der Waals surface area (Å²) >= 11 is 5.72. The van der Waals surface area contributed by atoms with E-state index in [1.807, 2.05) is 13.0 Å². The van der Waals surface area contributed by atoms with Crippen LogP contribution in [0.25, 0.3) is 0 Å². The van der Waals surface area contributed by atoms with E-state index in [2.05, 4.69) is 16.8 Å². The molecule has 3 heteroatoms. The molecule has 1 heterocycles. The summed E-state index contributed by atoms with van der Waals surface area (Å²) < 4.78 is 0. The van der Waals surface area contributed by atoms with Crippen LogP contribution >= 0.6 is 11.6 Å². The molecule has 1 rings (SSSR count). The van der Waals surface area contributed by atoms with Crippen LogP contribution in [-0.4, -0.2) is 4.98 Å². The zero-order valence-electron chi connectivity index (χ0n) is 7.13. The number of aryl methyl sites for hydroxylation is 1. The third-order valence-corrected chi connectivity index (χ3v) is 1.63. The number of nitriles is 1. The maximum absolute atomic E-state index is 8.26. The van der Waals surface area contributed by atoms with E-state index >= 15 is 0 Å². The minimum absolute atomic E-state index is 0.226. The molecule has 1 aromatic heterocycles. The van der Waals surface area contributed by atoms with Crippen molar-refractivity contribution in [2.24, 2.45) is 0 Å². The fraction of sp³-hybridized carbons (Fsp3) is 0.200. The lowest BCUT2D eigenvalue weighted by atomic mass is 10.2. The molecule has 0 spiro atoms. The Morgan fingerprint density at radius 1 is 1.62 bits per heavy atom. The van der Waals surface area contributed by atoms with Gasteiger partial charge in [-0.1, -0.05) is 17.5 Å². The molecule has 0 saturated carbocycles. The Labute approximate surface area is 82.2 Å². The average molecular weight is 191 g/mol. The average Bonchev–Trinajstić information content (AvgIpc) is 2.09. The predicted molar refractivity (Wildman–Crippen MR) is 51.1 cm³/mol. The Morgan fingerprint density at radius 3 is 3.00 bits per heavy atom. The molecule has 0 fully saturated rings. The van der Waals surface area contributed by atoms with Gasteiger partial charge in [0, 0.05) is 6.20 Å². The molecule has 0 N–H and O–H groups in total. The van der Waals surface area contributed by atoms with Gasteiger partial charge >= 0.3 is 0 Å². The normalized spacial score (nSPS) is 8.38. The van der Waals surface area contributed by atoms with Crippen molar-refractivity contribution in [2.75, 3.05) is 0 Å². The summed E-state index contributed by atoms with van der Waals surface area (Å²) in [5, 5.41) is 8.86. The second-order valence-corrected chi connectivity index (χ2v) is 2.89. The molecule has 13 heavy (non-hydrogen) atoms. The van der Waals surface area contributed by atoms with E-state index in [-0.39, 0.29) is 6.42 Å². The highest BCUT2D eigenvalue weighted by Gasteiger charge is 1.95. The Bertz CT molecular complexity index is 407. The Hall–Kier alpha value is -1.51. The lowest BCUT2D eigenvalue weighted by Gasteiger charge is -1.95. The minimum Gasteiger partial charge on any atom is -0.246 e. The summed E-state index contributed by atoms with van der Waals surface area (Å²) in [4.78, 5) is 4.03. The molecule has 0 aliphatic heterocycles. The highest BCUT2D eigenvalue weighted by Crippen LogP contribution is 2.10. The fourth-order valence-corrected chi connectivity index (χ4v) is 1.05. The van der Waals surface area contributed by atoms with Crippen molar-refractivity contribution in [3.05, 3.63) is 28.5 Å². The Morgan fingerprint density at radius 2 is 2.38 bits per heavy atom. The number of hydrogen-bond acceptors (Lipinski definition) is 2. The quantitative estimate of drug-likeness (QED) is 0.589. The van der Waals surface area contributed by atoms with Crippen molar-refractivity contribution in [1.82, 2.24) is 4.98 Å². The molecular formula is C10H7ClN2. The third-order valence-electron chi connectivity index (χ3n) is 1.42. The highest BCUT2D eigenvalue weighted by molar-refractivity contribution is 6.30. The molecule has 0 amide bonds. The second kappa shape index (κ2) is 4.50. The smallest absolute Gasteiger partial charge is 0.116 e. The van der Waals surface area contributed by atoms with E-state index in [1.54, 1.807) is 12.3 Å². The van der Waals surface area contributed by atoms with Crippen LogP contribution in [0, 0.1) is 30.1 Å². The van der Waals surface area contributed by atoms with E-state index in [0.29, 0.717) is 10.7 Å². The number of pyridine rings is 1. The summed E-state index contributed by atoms with van der Waals surface area (Å²) in [5.41, 5.74) is 1.61. The van der Waals surface area contributed by atoms with Gasteiger partial charge < -0.3 is 0 Å². The van der Waals surface area contributed by atoms with E-state index in [4.69, 9.17) is 16.9 Å². The summed E-state index contributed by atoms with van der Waals surface area (Å²) in [6.45, 7) is 1.88. The highest BCUT2D eigenvalue weighted by atomic mass is 35.5. The summed E-state index contributed by atoms with van der Waals surface area (Å²) in [7, 11) is 0. The minimum atomic E-state index is 0.226. The van der Waals surface area contributed by atoms with Gasteiger partial charge in [0.25, 0.3) is 0 Å². The largest absolute Gasteiger partial charge is 0.246 e. The maximum Gasteiger partial charge on any atom is 0.116 e. The molecule has 64 valence electrons. The van der Waals surface area contributed by atoms with E-state index < -0.39 is 0 Å². The molecule has 0 radical (unpaired) electrons. The molecule has 0 atom stereocenters. The van der Waals surface area contributed by atoms with Crippen LogP contribution in [-0.2, 0) is 0 Å². The van der Waals surface area contributed by atoms with Crippen molar-refractivity contribution in [3.63, 3.8) is 0 Å². The molecule has 1 aromatic rings. The summed E-state index contributed by atoms with van der Waals surface area (Å²) in [6.07, 6.45) is 1.77. The lowest BCUT2D eigenvalue weighted by Crippen LogP contribution is -1.86. The SMILES string of the molecule is Cc1cc(Cl)cnc1C#CCC#N. The van der Waals surface area contributed by atoms with Crippen LogP contribution < -0.4 is 0 Å². The molecule has 0 unspecified atom stereocenters. The van der Waals surface area contributed by atoms with Crippen molar-refractivity contribution >= 4 is 11.6 Å². The molecule has 0 aromatic carbocycles. The number of aromatic nitrogens is 1. The Balaban J connectivity index is 2.93.